The first-order chi connectivity index (χ1) is 8.82. The van der Waals surface area contributed by atoms with E-state index >= 15 is 0 Å². The minimum Gasteiger partial charge on any atom is -0.276 e. The smallest absolute Gasteiger partial charge is 0.276 e. The van der Waals surface area contributed by atoms with Gasteiger partial charge in [-0.15, -0.1) is 0 Å². The molecule has 2 aromatic rings. The van der Waals surface area contributed by atoms with E-state index in [1.807, 2.05) is 13.8 Å². The summed E-state index contributed by atoms with van der Waals surface area (Å²) in [7, 11) is 0. The Balaban J connectivity index is 2.54. The van der Waals surface area contributed by atoms with Gasteiger partial charge in [0.25, 0.3) is 5.56 Å². The summed E-state index contributed by atoms with van der Waals surface area (Å²) in [6.07, 6.45) is -2.76. The molecule has 0 aliphatic carbocycles. The standard InChI is InChI=1S/C12H14F3N3O/c1-3-4-7(2)11-16-9-5-8(12(13,14)15)6-10(19)18(9)17-11/h5-7H,3-4H2,1-2H3,(H,16,17). The van der Waals surface area contributed by atoms with Crippen molar-refractivity contribution in [1.82, 2.24) is 14.6 Å². The largest absolute Gasteiger partial charge is 0.416 e. The molecule has 1 N–H and O–H groups in total. The van der Waals surface area contributed by atoms with Crippen LogP contribution in [0.5, 0.6) is 0 Å². The van der Waals surface area contributed by atoms with E-state index < -0.39 is 17.3 Å². The summed E-state index contributed by atoms with van der Waals surface area (Å²) in [6.45, 7) is 3.92. The summed E-state index contributed by atoms with van der Waals surface area (Å²) in [6, 6.07) is 1.44. The molecule has 0 radical (unpaired) electrons. The third-order valence-electron chi connectivity index (χ3n) is 2.99. The molecule has 0 saturated carbocycles. The van der Waals surface area contributed by atoms with Gasteiger partial charge in [0.15, 0.2) is 5.65 Å². The van der Waals surface area contributed by atoms with E-state index in [0.717, 1.165) is 23.4 Å². The van der Waals surface area contributed by atoms with Gasteiger partial charge in [0, 0.05) is 12.0 Å². The lowest BCUT2D eigenvalue weighted by atomic mass is 10.1. The lowest BCUT2D eigenvalue weighted by Gasteiger charge is -2.04. The van der Waals surface area contributed by atoms with Crippen LogP contribution in [0.3, 0.4) is 0 Å². The van der Waals surface area contributed by atoms with Crippen LogP contribution >= 0.6 is 0 Å². The Hall–Kier alpha value is -1.79. The van der Waals surface area contributed by atoms with Gasteiger partial charge >= 0.3 is 6.18 Å². The first kappa shape index (κ1) is 13.6. The molecule has 0 saturated heterocycles. The van der Waals surface area contributed by atoms with Crippen molar-refractivity contribution < 1.29 is 13.2 Å². The monoisotopic (exact) mass is 273 g/mol. The van der Waals surface area contributed by atoms with Crippen LogP contribution in [0.4, 0.5) is 13.2 Å². The van der Waals surface area contributed by atoms with Crippen molar-refractivity contribution in [2.75, 3.05) is 0 Å². The molecule has 0 aromatic carbocycles. The minimum absolute atomic E-state index is 0.00206. The normalized spacial score (nSPS) is 13.9. The fourth-order valence-electron chi connectivity index (χ4n) is 1.97. The molecule has 0 fully saturated rings. The molecule has 2 rings (SSSR count). The summed E-state index contributed by atoms with van der Waals surface area (Å²) in [5, 5.41) is 2.75. The SMILES string of the molecule is CCCC(C)c1nc2cc(C(F)(F)F)cc(=O)n2[nH]1. The second-order valence-electron chi connectivity index (χ2n) is 4.57. The zero-order valence-electron chi connectivity index (χ0n) is 10.6. The third kappa shape index (κ3) is 2.64. The Morgan fingerprint density at radius 3 is 2.68 bits per heavy atom. The van der Waals surface area contributed by atoms with E-state index in [0.29, 0.717) is 11.9 Å². The van der Waals surface area contributed by atoms with Crippen molar-refractivity contribution >= 4 is 5.65 Å². The van der Waals surface area contributed by atoms with Gasteiger partial charge in [-0.3, -0.25) is 9.89 Å². The number of nitrogens with zero attached hydrogens (tertiary/aromatic N) is 2. The van der Waals surface area contributed by atoms with E-state index in [2.05, 4.69) is 10.1 Å². The topological polar surface area (TPSA) is 50.2 Å². The van der Waals surface area contributed by atoms with Crippen LogP contribution in [0.25, 0.3) is 5.65 Å². The van der Waals surface area contributed by atoms with Crippen LogP contribution < -0.4 is 5.56 Å². The van der Waals surface area contributed by atoms with E-state index in [-0.39, 0.29) is 11.6 Å². The van der Waals surface area contributed by atoms with Gasteiger partial charge in [-0.2, -0.15) is 13.2 Å². The summed E-state index contributed by atoms with van der Waals surface area (Å²) in [5.74, 6) is 0.594. The van der Waals surface area contributed by atoms with Gasteiger partial charge in [0.1, 0.15) is 5.82 Å². The maximum atomic E-state index is 12.6. The molecule has 0 spiro atoms. The van der Waals surface area contributed by atoms with Crippen LogP contribution in [0.1, 0.15) is 44.0 Å². The Morgan fingerprint density at radius 2 is 2.11 bits per heavy atom. The predicted octanol–water partition coefficient (Wildman–Crippen LogP) is 2.95. The van der Waals surface area contributed by atoms with Crippen molar-refractivity contribution in [3.8, 4) is 0 Å². The molecule has 19 heavy (non-hydrogen) atoms. The average Bonchev–Trinajstić information content (AvgIpc) is 2.72. The van der Waals surface area contributed by atoms with Crippen LogP contribution in [-0.4, -0.2) is 14.6 Å². The number of rotatable bonds is 3. The zero-order valence-corrected chi connectivity index (χ0v) is 10.6. The Morgan fingerprint density at radius 1 is 1.42 bits per heavy atom. The maximum absolute atomic E-state index is 12.6. The minimum atomic E-state index is -4.54. The zero-order chi connectivity index (χ0) is 14.2. The van der Waals surface area contributed by atoms with E-state index in [1.54, 1.807) is 0 Å². The predicted molar refractivity (Wildman–Crippen MR) is 64.1 cm³/mol. The summed E-state index contributed by atoms with van der Waals surface area (Å²) < 4.78 is 38.8. The number of nitrogens with one attached hydrogen (secondary N) is 1. The number of fused-ring (bicyclic) bond motifs is 1. The van der Waals surface area contributed by atoms with Crippen LogP contribution in [0.15, 0.2) is 16.9 Å². The third-order valence-corrected chi connectivity index (χ3v) is 2.99. The second-order valence-corrected chi connectivity index (χ2v) is 4.57. The first-order valence-electron chi connectivity index (χ1n) is 6.03. The molecular weight excluding hydrogens is 259 g/mol. The lowest BCUT2D eigenvalue weighted by molar-refractivity contribution is -0.137. The quantitative estimate of drug-likeness (QED) is 0.934. The molecule has 2 heterocycles. The molecule has 0 aliphatic heterocycles. The Kier molecular flexibility index (Phi) is 3.38. The second kappa shape index (κ2) is 4.71. The number of alkyl halides is 3. The molecule has 0 bridgehead atoms. The highest BCUT2D eigenvalue weighted by Crippen LogP contribution is 2.28. The van der Waals surface area contributed by atoms with Crippen molar-refractivity contribution in [2.45, 2.75) is 38.8 Å². The highest BCUT2D eigenvalue weighted by molar-refractivity contribution is 5.41. The number of aromatic amines is 1. The fourth-order valence-corrected chi connectivity index (χ4v) is 1.97. The molecule has 0 amide bonds. The van der Waals surface area contributed by atoms with Crippen molar-refractivity contribution in [1.29, 1.82) is 0 Å². The number of H-pyrrole nitrogens is 1. The van der Waals surface area contributed by atoms with Gasteiger partial charge in [-0.05, 0) is 12.5 Å². The van der Waals surface area contributed by atoms with Crippen LogP contribution in [0, 0.1) is 0 Å². The molecule has 104 valence electrons. The highest BCUT2D eigenvalue weighted by Gasteiger charge is 2.32. The molecule has 1 unspecified atom stereocenters. The van der Waals surface area contributed by atoms with Gasteiger partial charge in [0.05, 0.1) is 5.56 Å². The van der Waals surface area contributed by atoms with E-state index in [9.17, 15) is 18.0 Å². The number of hydrogen-bond donors (Lipinski definition) is 1. The van der Waals surface area contributed by atoms with Gasteiger partial charge in [-0.1, -0.05) is 20.3 Å². The molecular formula is C12H14F3N3O. The Bertz CT molecular complexity index is 642. The van der Waals surface area contributed by atoms with Crippen molar-refractivity contribution in [3.63, 3.8) is 0 Å². The molecule has 4 nitrogen and oxygen atoms in total. The van der Waals surface area contributed by atoms with Gasteiger partial charge in [-0.25, -0.2) is 9.50 Å². The van der Waals surface area contributed by atoms with Crippen LogP contribution in [0.2, 0.25) is 0 Å². The highest BCUT2D eigenvalue weighted by atomic mass is 19.4. The van der Waals surface area contributed by atoms with Crippen molar-refractivity contribution in [2.24, 2.45) is 0 Å². The maximum Gasteiger partial charge on any atom is 0.416 e. The summed E-state index contributed by atoms with van der Waals surface area (Å²) in [4.78, 5) is 15.7. The van der Waals surface area contributed by atoms with E-state index in [1.165, 1.54) is 0 Å². The summed E-state index contributed by atoms with van der Waals surface area (Å²) >= 11 is 0. The molecule has 0 aliphatic rings. The van der Waals surface area contributed by atoms with E-state index in [4.69, 9.17) is 0 Å². The summed E-state index contributed by atoms with van der Waals surface area (Å²) in [5.41, 5.74) is -1.73. The molecule has 2 aromatic heterocycles. The van der Waals surface area contributed by atoms with Gasteiger partial charge in [0.2, 0.25) is 0 Å². The van der Waals surface area contributed by atoms with Gasteiger partial charge < -0.3 is 0 Å². The first-order valence-corrected chi connectivity index (χ1v) is 6.03. The fraction of sp³-hybridized carbons (Fsp3) is 0.500. The molecule has 1 atom stereocenters. The number of hydrogen-bond acceptors (Lipinski definition) is 2. The van der Waals surface area contributed by atoms with Crippen LogP contribution in [-0.2, 0) is 6.18 Å². The Labute approximate surface area is 107 Å². The number of pyridine rings is 1. The van der Waals surface area contributed by atoms with Crippen molar-refractivity contribution in [3.05, 3.63) is 33.9 Å². The molecule has 7 heteroatoms. The lowest BCUT2D eigenvalue weighted by Crippen LogP contribution is -2.17. The number of halogens is 3. The average molecular weight is 273 g/mol. The number of aromatic nitrogens is 3.